The van der Waals surface area contributed by atoms with Crippen LogP contribution in [0.25, 0.3) is 0 Å². The molecule has 16 heavy (non-hydrogen) atoms. The van der Waals surface area contributed by atoms with E-state index in [0.717, 1.165) is 35.4 Å². The zero-order valence-corrected chi connectivity index (χ0v) is 11.7. The van der Waals surface area contributed by atoms with Gasteiger partial charge in [-0.2, -0.15) is 5.10 Å². The summed E-state index contributed by atoms with van der Waals surface area (Å²) in [5, 5.41) is 16.7. The van der Waals surface area contributed by atoms with Crippen molar-refractivity contribution in [3.63, 3.8) is 0 Å². The molecule has 1 atom stereocenters. The van der Waals surface area contributed by atoms with Gasteiger partial charge in [-0.1, -0.05) is 6.92 Å². The lowest BCUT2D eigenvalue weighted by atomic mass is 10.3. The number of halogens is 1. The van der Waals surface area contributed by atoms with Gasteiger partial charge in [0, 0.05) is 19.1 Å². The van der Waals surface area contributed by atoms with E-state index in [9.17, 15) is 0 Å². The number of hydrogen-bond donors (Lipinski definition) is 2. The van der Waals surface area contributed by atoms with E-state index in [2.05, 4.69) is 40.2 Å². The Morgan fingerprint density at radius 2 is 2.19 bits per heavy atom. The number of aryl methyl sites for hydroxylation is 2. The van der Waals surface area contributed by atoms with Crippen molar-refractivity contribution in [2.45, 2.75) is 46.3 Å². The van der Waals surface area contributed by atoms with Gasteiger partial charge >= 0.3 is 0 Å². The fraction of sp³-hybridized carbons (Fsp3) is 0.727. The van der Waals surface area contributed by atoms with Crippen molar-refractivity contribution < 1.29 is 5.11 Å². The van der Waals surface area contributed by atoms with Crippen molar-refractivity contribution in [3.8, 4) is 0 Å². The number of aliphatic hydroxyl groups is 1. The molecule has 0 aliphatic heterocycles. The van der Waals surface area contributed by atoms with E-state index < -0.39 is 0 Å². The van der Waals surface area contributed by atoms with Crippen LogP contribution >= 0.6 is 15.9 Å². The van der Waals surface area contributed by atoms with Gasteiger partial charge in [-0.15, -0.1) is 0 Å². The Labute approximate surface area is 105 Å². The van der Waals surface area contributed by atoms with Crippen molar-refractivity contribution in [2.75, 3.05) is 6.61 Å². The molecule has 92 valence electrons. The highest BCUT2D eigenvalue weighted by molar-refractivity contribution is 9.10. The highest BCUT2D eigenvalue weighted by Crippen LogP contribution is 2.22. The van der Waals surface area contributed by atoms with Crippen molar-refractivity contribution in [1.82, 2.24) is 15.1 Å². The van der Waals surface area contributed by atoms with Gasteiger partial charge < -0.3 is 10.4 Å². The third-order valence-electron chi connectivity index (χ3n) is 2.59. The van der Waals surface area contributed by atoms with Gasteiger partial charge in [0.2, 0.25) is 0 Å². The van der Waals surface area contributed by atoms with Crippen LogP contribution in [-0.2, 0) is 19.5 Å². The third kappa shape index (κ3) is 3.06. The molecule has 0 aliphatic rings. The number of rotatable bonds is 6. The second-order valence-corrected chi connectivity index (χ2v) is 4.63. The summed E-state index contributed by atoms with van der Waals surface area (Å²) in [6.07, 6.45) is 0.927. The molecule has 5 heteroatoms. The average molecular weight is 290 g/mol. The molecule has 0 amide bonds. The highest BCUT2D eigenvalue weighted by Gasteiger charge is 2.13. The summed E-state index contributed by atoms with van der Waals surface area (Å²) < 4.78 is 3.09. The Morgan fingerprint density at radius 1 is 1.50 bits per heavy atom. The average Bonchev–Trinajstić information content (AvgIpc) is 2.62. The lowest BCUT2D eigenvalue weighted by Crippen LogP contribution is -2.29. The Bertz CT molecular complexity index is 338. The first-order valence-electron chi connectivity index (χ1n) is 5.72. The van der Waals surface area contributed by atoms with Gasteiger partial charge in [0.25, 0.3) is 0 Å². The van der Waals surface area contributed by atoms with Crippen LogP contribution in [0, 0.1) is 0 Å². The van der Waals surface area contributed by atoms with Crippen LogP contribution in [0.2, 0.25) is 0 Å². The second kappa shape index (κ2) is 6.37. The van der Waals surface area contributed by atoms with Crippen LogP contribution in [-0.4, -0.2) is 27.5 Å². The molecule has 0 spiro atoms. The molecule has 1 aromatic rings. The van der Waals surface area contributed by atoms with Gasteiger partial charge in [0.15, 0.2) is 0 Å². The second-order valence-electron chi connectivity index (χ2n) is 3.84. The number of aliphatic hydroxyl groups excluding tert-OH is 1. The van der Waals surface area contributed by atoms with Crippen LogP contribution < -0.4 is 5.32 Å². The molecule has 0 saturated heterocycles. The maximum absolute atomic E-state index is 8.96. The molecule has 1 aromatic heterocycles. The van der Waals surface area contributed by atoms with Crippen LogP contribution in [0.4, 0.5) is 0 Å². The van der Waals surface area contributed by atoms with Crippen LogP contribution in [0.15, 0.2) is 4.47 Å². The topological polar surface area (TPSA) is 50.1 Å². The maximum Gasteiger partial charge on any atom is 0.0767 e. The van der Waals surface area contributed by atoms with Gasteiger partial charge in [-0.05, 0) is 36.2 Å². The summed E-state index contributed by atoms with van der Waals surface area (Å²) in [6.45, 7) is 7.88. The smallest absolute Gasteiger partial charge is 0.0767 e. The van der Waals surface area contributed by atoms with Gasteiger partial charge in [-0.25, -0.2) is 0 Å². The molecule has 4 nitrogen and oxygen atoms in total. The van der Waals surface area contributed by atoms with Crippen LogP contribution in [0.5, 0.6) is 0 Å². The lowest BCUT2D eigenvalue weighted by molar-refractivity contribution is 0.250. The Morgan fingerprint density at radius 3 is 2.69 bits per heavy atom. The van der Waals surface area contributed by atoms with E-state index >= 15 is 0 Å². The highest BCUT2D eigenvalue weighted by atomic mass is 79.9. The summed E-state index contributed by atoms with van der Waals surface area (Å²) >= 11 is 3.59. The minimum atomic E-state index is 0.109. The number of nitrogens with zero attached hydrogens (tertiary/aromatic N) is 2. The van der Waals surface area contributed by atoms with Crippen molar-refractivity contribution >= 4 is 15.9 Å². The zero-order chi connectivity index (χ0) is 12.1. The summed E-state index contributed by atoms with van der Waals surface area (Å²) in [7, 11) is 0. The molecule has 0 bridgehead atoms. The molecule has 2 N–H and O–H groups in total. The monoisotopic (exact) mass is 289 g/mol. The lowest BCUT2D eigenvalue weighted by Gasteiger charge is -2.11. The fourth-order valence-corrected chi connectivity index (χ4v) is 2.23. The molecule has 0 aliphatic carbocycles. The Hall–Kier alpha value is -0.390. The Balaban J connectivity index is 2.80. The van der Waals surface area contributed by atoms with Crippen molar-refractivity contribution in [1.29, 1.82) is 0 Å². The third-order valence-corrected chi connectivity index (χ3v) is 3.50. The number of aromatic nitrogens is 2. The van der Waals surface area contributed by atoms with E-state index in [0.29, 0.717) is 0 Å². The minimum absolute atomic E-state index is 0.109. The normalized spacial score (nSPS) is 13.1. The van der Waals surface area contributed by atoms with Gasteiger partial charge in [0.05, 0.1) is 22.5 Å². The molecular formula is C11H20BrN3O. The molecule has 1 rings (SSSR count). The maximum atomic E-state index is 8.96. The molecular weight excluding hydrogens is 270 g/mol. The van der Waals surface area contributed by atoms with E-state index in [4.69, 9.17) is 5.11 Å². The quantitative estimate of drug-likeness (QED) is 0.838. The molecule has 0 saturated carbocycles. The van der Waals surface area contributed by atoms with Gasteiger partial charge in [0.1, 0.15) is 0 Å². The molecule has 0 fully saturated rings. The largest absolute Gasteiger partial charge is 0.395 e. The summed E-state index contributed by atoms with van der Waals surface area (Å²) in [4.78, 5) is 0. The first-order valence-corrected chi connectivity index (χ1v) is 6.51. The summed E-state index contributed by atoms with van der Waals surface area (Å²) in [5.41, 5.74) is 2.25. The first-order chi connectivity index (χ1) is 7.63. The predicted octanol–water partition coefficient (Wildman–Crippen LogP) is 1.70. The summed E-state index contributed by atoms with van der Waals surface area (Å²) in [5.74, 6) is 0. The van der Waals surface area contributed by atoms with E-state index in [1.807, 2.05) is 11.6 Å². The molecule has 0 aromatic carbocycles. The van der Waals surface area contributed by atoms with Crippen LogP contribution in [0.3, 0.4) is 0 Å². The summed E-state index contributed by atoms with van der Waals surface area (Å²) in [6, 6.07) is 0.109. The Kier molecular flexibility index (Phi) is 5.44. The zero-order valence-electron chi connectivity index (χ0n) is 10.1. The van der Waals surface area contributed by atoms with E-state index in [-0.39, 0.29) is 12.6 Å². The van der Waals surface area contributed by atoms with Crippen LogP contribution in [0.1, 0.15) is 32.2 Å². The van der Waals surface area contributed by atoms with E-state index in [1.165, 1.54) is 0 Å². The number of nitrogens with one attached hydrogen (secondary N) is 1. The standard InChI is InChI=1S/C11H20BrN3O/c1-4-9-11(12)10(15(5-2)14-9)6-13-8(3)7-16/h8,13,16H,4-7H2,1-3H3. The van der Waals surface area contributed by atoms with Crippen molar-refractivity contribution in [2.24, 2.45) is 0 Å². The molecule has 1 unspecified atom stereocenters. The fourth-order valence-electron chi connectivity index (χ4n) is 1.52. The molecule has 0 radical (unpaired) electrons. The first kappa shape index (κ1) is 13.7. The SMILES string of the molecule is CCc1nn(CC)c(CNC(C)CO)c1Br. The minimum Gasteiger partial charge on any atom is -0.395 e. The molecule has 1 heterocycles. The van der Waals surface area contributed by atoms with Crippen molar-refractivity contribution in [3.05, 3.63) is 15.9 Å². The van der Waals surface area contributed by atoms with Gasteiger partial charge in [-0.3, -0.25) is 4.68 Å². The van der Waals surface area contributed by atoms with E-state index in [1.54, 1.807) is 0 Å². The number of hydrogen-bond acceptors (Lipinski definition) is 3. The predicted molar refractivity (Wildman–Crippen MR) is 68.4 cm³/mol.